The predicted octanol–water partition coefficient (Wildman–Crippen LogP) is 3.77. The van der Waals surface area contributed by atoms with Crippen LogP contribution in [-0.4, -0.2) is 16.1 Å². The van der Waals surface area contributed by atoms with Crippen molar-refractivity contribution >= 4 is 28.5 Å². The summed E-state index contributed by atoms with van der Waals surface area (Å²) in [7, 11) is 0. The van der Waals surface area contributed by atoms with Gasteiger partial charge in [-0.15, -0.1) is 10.2 Å². The molecule has 0 unspecified atom stereocenters. The Labute approximate surface area is 143 Å². The average molecular weight is 337 g/mol. The van der Waals surface area contributed by atoms with E-state index in [2.05, 4.69) is 15.5 Å². The maximum Gasteiger partial charge on any atom is 0.250 e. The lowest BCUT2D eigenvalue weighted by molar-refractivity contribution is -0.111. The van der Waals surface area contributed by atoms with Crippen LogP contribution in [0.25, 0.3) is 6.08 Å². The normalized spacial score (nSPS) is 10.7. The van der Waals surface area contributed by atoms with Crippen molar-refractivity contribution < 1.29 is 9.53 Å². The van der Waals surface area contributed by atoms with E-state index in [9.17, 15) is 4.79 Å². The summed E-state index contributed by atoms with van der Waals surface area (Å²) in [5, 5.41) is 10.5. The quantitative estimate of drug-likeness (QED) is 0.696. The number of amides is 1. The van der Waals surface area contributed by atoms with Crippen LogP contribution in [-0.2, 0) is 11.4 Å². The summed E-state index contributed by atoms with van der Waals surface area (Å²) in [5.41, 5.74) is 3.55. The van der Waals surface area contributed by atoms with Crippen LogP contribution in [0.15, 0.2) is 66.2 Å². The van der Waals surface area contributed by atoms with Gasteiger partial charge in [0.05, 0.1) is 0 Å². The lowest BCUT2D eigenvalue weighted by Gasteiger charge is -2.06. The van der Waals surface area contributed by atoms with Gasteiger partial charge in [-0.05, 0) is 29.3 Å². The molecule has 6 heteroatoms. The fourth-order valence-electron chi connectivity index (χ4n) is 2.00. The summed E-state index contributed by atoms with van der Waals surface area (Å²) in [4.78, 5) is 11.8. The first-order chi connectivity index (χ1) is 11.8. The molecular weight excluding hydrogens is 322 g/mol. The van der Waals surface area contributed by atoms with E-state index in [0.717, 1.165) is 16.9 Å². The first kappa shape index (κ1) is 15.9. The lowest BCUT2D eigenvalue weighted by Crippen LogP contribution is -2.07. The van der Waals surface area contributed by atoms with Gasteiger partial charge in [-0.2, -0.15) is 0 Å². The highest BCUT2D eigenvalue weighted by Gasteiger charge is 2.01. The molecule has 0 fully saturated rings. The van der Waals surface area contributed by atoms with E-state index in [1.807, 2.05) is 54.6 Å². The smallest absolute Gasteiger partial charge is 0.250 e. The van der Waals surface area contributed by atoms with E-state index >= 15 is 0 Å². The minimum absolute atomic E-state index is 0.248. The Morgan fingerprint density at radius 3 is 2.83 bits per heavy atom. The van der Waals surface area contributed by atoms with Crippen LogP contribution in [0.1, 0.15) is 11.1 Å². The number of carbonyl (C=O) groups is 1. The van der Waals surface area contributed by atoms with Crippen molar-refractivity contribution in [3.05, 3.63) is 77.3 Å². The molecule has 1 heterocycles. The van der Waals surface area contributed by atoms with E-state index < -0.39 is 0 Å². The summed E-state index contributed by atoms with van der Waals surface area (Å²) < 4.78 is 5.77. The van der Waals surface area contributed by atoms with Crippen molar-refractivity contribution in [1.29, 1.82) is 0 Å². The zero-order valence-electron chi connectivity index (χ0n) is 12.8. The third-order valence-electron chi connectivity index (χ3n) is 3.12. The molecule has 1 N–H and O–H groups in total. The molecular formula is C18H15N3O2S. The number of hydrogen-bond acceptors (Lipinski definition) is 5. The van der Waals surface area contributed by atoms with Crippen LogP contribution < -0.4 is 10.1 Å². The van der Waals surface area contributed by atoms with E-state index in [4.69, 9.17) is 4.74 Å². The van der Waals surface area contributed by atoms with Gasteiger partial charge in [-0.3, -0.25) is 10.1 Å². The zero-order chi connectivity index (χ0) is 16.6. The molecule has 0 aliphatic heterocycles. The zero-order valence-corrected chi connectivity index (χ0v) is 13.6. The molecule has 0 aliphatic rings. The molecule has 1 amide bonds. The number of aromatic nitrogens is 2. The molecule has 0 atom stereocenters. The van der Waals surface area contributed by atoms with Gasteiger partial charge in [0.15, 0.2) is 0 Å². The molecule has 3 aromatic rings. The van der Waals surface area contributed by atoms with Crippen molar-refractivity contribution in [3.63, 3.8) is 0 Å². The molecule has 120 valence electrons. The Morgan fingerprint density at radius 1 is 1.17 bits per heavy atom. The van der Waals surface area contributed by atoms with Crippen LogP contribution in [0.2, 0.25) is 0 Å². The second kappa shape index (κ2) is 8.03. The summed E-state index contributed by atoms with van der Waals surface area (Å²) in [6.07, 6.45) is 3.18. The minimum atomic E-state index is -0.248. The third kappa shape index (κ3) is 4.76. The lowest BCUT2D eigenvalue weighted by atomic mass is 10.2. The molecule has 0 bridgehead atoms. The largest absolute Gasteiger partial charge is 0.489 e. The second-order valence-electron chi connectivity index (χ2n) is 4.91. The fourth-order valence-corrected chi connectivity index (χ4v) is 2.44. The highest BCUT2D eigenvalue weighted by molar-refractivity contribution is 7.13. The standard InChI is InChI=1S/C18H15N3O2S/c22-17(20-18-21-19-13-24-18)10-9-14-7-4-8-16(11-14)23-12-15-5-2-1-3-6-15/h1-11,13H,12H2,(H,20,21,22)/b10-9+. The third-order valence-corrected chi connectivity index (χ3v) is 3.73. The maximum absolute atomic E-state index is 11.8. The number of anilines is 1. The molecule has 5 nitrogen and oxygen atoms in total. The number of rotatable bonds is 6. The first-order valence-electron chi connectivity index (χ1n) is 7.31. The van der Waals surface area contributed by atoms with Crippen LogP contribution in [0, 0.1) is 0 Å². The van der Waals surface area contributed by atoms with Crippen molar-refractivity contribution in [2.75, 3.05) is 5.32 Å². The Kier molecular flexibility index (Phi) is 5.32. The topological polar surface area (TPSA) is 64.1 Å². The number of nitrogens with zero attached hydrogens (tertiary/aromatic N) is 2. The highest BCUT2D eigenvalue weighted by Crippen LogP contribution is 2.16. The van der Waals surface area contributed by atoms with Crippen molar-refractivity contribution in [2.24, 2.45) is 0 Å². The van der Waals surface area contributed by atoms with E-state index in [1.165, 1.54) is 17.4 Å². The summed E-state index contributed by atoms with van der Waals surface area (Å²) in [6.45, 7) is 0.505. The molecule has 0 saturated heterocycles. The molecule has 0 radical (unpaired) electrons. The molecule has 24 heavy (non-hydrogen) atoms. The van der Waals surface area contributed by atoms with Crippen molar-refractivity contribution in [3.8, 4) is 5.75 Å². The van der Waals surface area contributed by atoms with Gasteiger partial charge in [-0.1, -0.05) is 53.8 Å². The number of benzene rings is 2. The number of ether oxygens (including phenoxy) is 1. The van der Waals surface area contributed by atoms with Gasteiger partial charge in [0.1, 0.15) is 17.9 Å². The Hall–Kier alpha value is -2.99. The predicted molar refractivity (Wildman–Crippen MR) is 94.8 cm³/mol. The van der Waals surface area contributed by atoms with Gasteiger partial charge in [-0.25, -0.2) is 0 Å². The molecule has 0 spiro atoms. The minimum Gasteiger partial charge on any atom is -0.489 e. The van der Waals surface area contributed by atoms with Crippen molar-refractivity contribution in [2.45, 2.75) is 6.61 Å². The maximum atomic E-state index is 11.8. The van der Waals surface area contributed by atoms with Crippen LogP contribution in [0.4, 0.5) is 5.13 Å². The first-order valence-corrected chi connectivity index (χ1v) is 8.19. The van der Waals surface area contributed by atoms with Crippen LogP contribution in [0.3, 0.4) is 0 Å². The van der Waals surface area contributed by atoms with Gasteiger partial charge in [0.2, 0.25) is 11.0 Å². The van der Waals surface area contributed by atoms with Gasteiger partial charge in [0, 0.05) is 6.08 Å². The second-order valence-corrected chi connectivity index (χ2v) is 5.75. The van der Waals surface area contributed by atoms with Gasteiger partial charge >= 0.3 is 0 Å². The summed E-state index contributed by atoms with van der Waals surface area (Å²) >= 11 is 1.27. The Morgan fingerprint density at radius 2 is 2.04 bits per heavy atom. The van der Waals surface area contributed by atoms with E-state index in [0.29, 0.717) is 11.7 Å². The Balaban J connectivity index is 1.58. The molecule has 0 aliphatic carbocycles. The van der Waals surface area contributed by atoms with Crippen LogP contribution in [0.5, 0.6) is 5.75 Å². The molecule has 0 saturated carbocycles. The molecule has 1 aromatic heterocycles. The van der Waals surface area contributed by atoms with Crippen molar-refractivity contribution in [1.82, 2.24) is 10.2 Å². The van der Waals surface area contributed by atoms with Gasteiger partial charge in [0.25, 0.3) is 0 Å². The number of nitrogens with one attached hydrogen (secondary N) is 1. The average Bonchev–Trinajstić information content (AvgIpc) is 3.12. The fraction of sp³-hybridized carbons (Fsp3) is 0.0556. The number of carbonyl (C=O) groups excluding carboxylic acids is 1. The van der Waals surface area contributed by atoms with E-state index in [-0.39, 0.29) is 5.91 Å². The highest BCUT2D eigenvalue weighted by atomic mass is 32.1. The Bertz CT molecular complexity index is 817. The molecule has 2 aromatic carbocycles. The summed E-state index contributed by atoms with van der Waals surface area (Å²) in [6, 6.07) is 17.5. The van der Waals surface area contributed by atoms with E-state index in [1.54, 1.807) is 11.6 Å². The number of hydrogen-bond donors (Lipinski definition) is 1. The molecule has 3 rings (SSSR count). The monoisotopic (exact) mass is 337 g/mol. The SMILES string of the molecule is O=C(/C=C/c1cccc(OCc2ccccc2)c1)Nc1nncs1. The van der Waals surface area contributed by atoms with Gasteiger partial charge < -0.3 is 4.74 Å². The van der Waals surface area contributed by atoms with Crippen LogP contribution >= 0.6 is 11.3 Å². The summed E-state index contributed by atoms with van der Waals surface area (Å²) in [5.74, 6) is 0.507.